The molecule has 1 atom stereocenters. The summed E-state index contributed by atoms with van der Waals surface area (Å²) in [6.45, 7) is 10.2. The number of nitrogens with one attached hydrogen (secondary N) is 3. The fourth-order valence-electron chi connectivity index (χ4n) is 5.02. The van der Waals surface area contributed by atoms with Gasteiger partial charge in [-0.3, -0.25) is 14.3 Å². The van der Waals surface area contributed by atoms with Gasteiger partial charge in [0.05, 0.1) is 17.8 Å². The number of fused-ring (bicyclic) bond motifs is 1. The Morgan fingerprint density at radius 2 is 1.68 bits per heavy atom. The van der Waals surface area contributed by atoms with E-state index in [2.05, 4.69) is 65.2 Å². The van der Waals surface area contributed by atoms with Crippen molar-refractivity contribution in [3.05, 3.63) is 65.4 Å². The molecule has 3 saturated heterocycles. The van der Waals surface area contributed by atoms with Gasteiger partial charge < -0.3 is 20.9 Å². The first kappa shape index (κ1) is 32.3. The van der Waals surface area contributed by atoms with E-state index >= 15 is 0 Å². The monoisotopic (exact) mass is 562 g/mol. The Kier molecular flexibility index (Phi) is 14.4. The summed E-state index contributed by atoms with van der Waals surface area (Å²) in [5.74, 6) is 0.101. The number of piperidine rings is 1. The molecule has 0 radical (unpaired) electrons. The van der Waals surface area contributed by atoms with E-state index in [1.807, 2.05) is 30.1 Å². The quantitative estimate of drug-likeness (QED) is 0.399. The summed E-state index contributed by atoms with van der Waals surface area (Å²) < 4.78 is 1.85. The predicted molar refractivity (Wildman–Crippen MR) is 168 cm³/mol. The molecule has 2 amide bonds. The summed E-state index contributed by atoms with van der Waals surface area (Å²) in [7, 11) is 1.93. The lowest BCUT2D eigenvalue weighted by molar-refractivity contribution is -0.123. The lowest BCUT2D eigenvalue weighted by atomic mass is 10.1. The molecule has 0 bridgehead atoms. The van der Waals surface area contributed by atoms with Crippen molar-refractivity contribution in [2.24, 2.45) is 7.05 Å². The van der Waals surface area contributed by atoms with Crippen LogP contribution in [-0.4, -0.2) is 65.8 Å². The molecule has 41 heavy (non-hydrogen) atoms. The molecule has 3 N–H and O–H groups in total. The average Bonchev–Trinajstić information content (AvgIpc) is 3.82. The standard InChI is InChI=1S/C14H18N4O.C9H12.C5H9NO.C5H11N/c1-18-13-5-4-10(7-11(13)9-17-18)8-16-14(19)12-3-2-6-15-12;1-3-9-6-4-8(2)5-7-9;7-5-6-3-1-2-4-6;1-2-4-6-5-3-1/h4-5,7,9,12,15H,2-3,6,8H2,1H3,(H,16,19);4-7H,3H2,1-2H3;5H,1-4H2;6H,1-5H2. The Labute approximate surface area is 246 Å². The SMILES string of the molecule is C1CCNCC1.CCc1ccc(C)cc1.Cn1ncc2cc(CNC(=O)C3CCCN3)ccc21.O=CN1CCCC1. The highest BCUT2D eigenvalue weighted by Gasteiger charge is 2.21. The van der Waals surface area contributed by atoms with Crippen LogP contribution in [0.4, 0.5) is 0 Å². The Morgan fingerprint density at radius 3 is 2.22 bits per heavy atom. The fourth-order valence-corrected chi connectivity index (χ4v) is 5.02. The van der Waals surface area contributed by atoms with Gasteiger partial charge in [-0.15, -0.1) is 0 Å². The van der Waals surface area contributed by atoms with Crippen molar-refractivity contribution >= 4 is 23.2 Å². The minimum Gasteiger partial charge on any atom is -0.351 e. The van der Waals surface area contributed by atoms with E-state index < -0.39 is 0 Å². The summed E-state index contributed by atoms with van der Waals surface area (Å²) in [6.07, 6.45) is 12.5. The number of hydrogen-bond acceptors (Lipinski definition) is 5. The van der Waals surface area contributed by atoms with Crippen molar-refractivity contribution < 1.29 is 9.59 Å². The minimum atomic E-state index is -0.0119. The molecular formula is C33H50N6O2. The number of likely N-dealkylation sites (tertiary alicyclic amines) is 1. The van der Waals surface area contributed by atoms with Gasteiger partial charge in [-0.1, -0.05) is 49.2 Å². The Hall–Kier alpha value is -3.23. The molecule has 3 aliphatic rings. The number of benzene rings is 2. The van der Waals surface area contributed by atoms with E-state index in [4.69, 9.17) is 0 Å². The third-order valence-electron chi connectivity index (χ3n) is 7.68. The molecular weight excluding hydrogens is 512 g/mol. The smallest absolute Gasteiger partial charge is 0.237 e. The van der Waals surface area contributed by atoms with Gasteiger partial charge in [0, 0.05) is 32.1 Å². The molecule has 2 aromatic carbocycles. The lowest BCUT2D eigenvalue weighted by Gasteiger charge is -2.11. The lowest BCUT2D eigenvalue weighted by Crippen LogP contribution is -2.39. The van der Waals surface area contributed by atoms with E-state index in [1.54, 1.807) is 4.90 Å². The van der Waals surface area contributed by atoms with Crippen LogP contribution in [0, 0.1) is 6.92 Å². The average molecular weight is 563 g/mol. The van der Waals surface area contributed by atoms with E-state index in [1.165, 1.54) is 56.3 Å². The third kappa shape index (κ3) is 11.7. The highest BCUT2D eigenvalue weighted by atomic mass is 16.2. The van der Waals surface area contributed by atoms with Gasteiger partial charge in [-0.2, -0.15) is 5.10 Å². The predicted octanol–water partition coefficient (Wildman–Crippen LogP) is 4.50. The van der Waals surface area contributed by atoms with Crippen molar-refractivity contribution in [1.82, 2.24) is 30.6 Å². The molecule has 0 aliphatic carbocycles. The van der Waals surface area contributed by atoms with E-state index in [0.717, 1.165) is 61.8 Å². The fraction of sp³-hybridized carbons (Fsp3) is 0.545. The second-order valence-electron chi connectivity index (χ2n) is 11.0. The first-order valence-corrected chi connectivity index (χ1v) is 15.4. The van der Waals surface area contributed by atoms with Crippen LogP contribution in [0.3, 0.4) is 0 Å². The second-order valence-corrected chi connectivity index (χ2v) is 11.0. The van der Waals surface area contributed by atoms with Crippen LogP contribution >= 0.6 is 0 Å². The molecule has 3 aliphatic heterocycles. The summed E-state index contributed by atoms with van der Waals surface area (Å²) in [4.78, 5) is 23.6. The Balaban J connectivity index is 0.000000173. The van der Waals surface area contributed by atoms with Gasteiger partial charge in [0.15, 0.2) is 0 Å². The van der Waals surface area contributed by atoms with Crippen LogP contribution in [0.2, 0.25) is 0 Å². The molecule has 6 rings (SSSR count). The van der Waals surface area contributed by atoms with Gasteiger partial charge in [0.2, 0.25) is 12.3 Å². The van der Waals surface area contributed by atoms with Gasteiger partial charge in [0.1, 0.15) is 0 Å². The van der Waals surface area contributed by atoms with Crippen molar-refractivity contribution in [3.8, 4) is 0 Å². The molecule has 1 aromatic heterocycles. The molecule has 3 aromatic rings. The summed E-state index contributed by atoms with van der Waals surface area (Å²) >= 11 is 0. The maximum absolute atomic E-state index is 11.9. The highest BCUT2D eigenvalue weighted by molar-refractivity contribution is 5.82. The summed E-state index contributed by atoms with van der Waals surface area (Å²) in [6, 6.07) is 14.8. The molecule has 8 nitrogen and oxygen atoms in total. The molecule has 0 spiro atoms. The van der Waals surface area contributed by atoms with Crippen molar-refractivity contribution in [2.45, 2.75) is 77.8 Å². The number of aromatic nitrogens is 2. The zero-order valence-corrected chi connectivity index (χ0v) is 25.3. The number of hydrogen-bond donors (Lipinski definition) is 3. The van der Waals surface area contributed by atoms with Gasteiger partial charge >= 0.3 is 0 Å². The maximum atomic E-state index is 11.9. The third-order valence-corrected chi connectivity index (χ3v) is 7.68. The number of nitrogens with zero attached hydrogens (tertiary/aromatic N) is 3. The minimum absolute atomic E-state index is 0.0119. The largest absolute Gasteiger partial charge is 0.351 e. The first-order chi connectivity index (χ1) is 20.0. The van der Waals surface area contributed by atoms with Gasteiger partial charge in [0.25, 0.3) is 0 Å². The van der Waals surface area contributed by atoms with Gasteiger partial charge in [-0.25, -0.2) is 0 Å². The topological polar surface area (TPSA) is 91.3 Å². The van der Waals surface area contributed by atoms with Crippen LogP contribution in [0.15, 0.2) is 48.7 Å². The van der Waals surface area contributed by atoms with Crippen LogP contribution in [0.1, 0.15) is 68.6 Å². The highest BCUT2D eigenvalue weighted by Crippen LogP contribution is 2.15. The van der Waals surface area contributed by atoms with E-state index in [0.29, 0.717) is 6.54 Å². The number of carbonyl (C=O) groups excluding carboxylic acids is 2. The van der Waals surface area contributed by atoms with E-state index in [-0.39, 0.29) is 11.9 Å². The molecule has 8 heteroatoms. The number of rotatable bonds is 5. The molecule has 4 heterocycles. The zero-order valence-electron chi connectivity index (χ0n) is 25.3. The van der Waals surface area contributed by atoms with E-state index in [9.17, 15) is 9.59 Å². The second kappa shape index (κ2) is 18.3. The molecule has 1 unspecified atom stereocenters. The normalized spacial score (nSPS) is 17.8. The Bertz CT molecular complexity index is 1150. The number of aryl methyl sites for hydroxylation is 3. The first-order valence-electron chi connectivity index (χ1n) is 15.4. The maximum Gasteiger partial charge on any atom is 0.237 e. The van der Waals surface area contributed by atoms with Crippen LogP contribution < -0.4 is 16.0 Å². The van der Waals surface area contributed by atoms with Gasteiger partial charge in [-0.05, 0) is 94.8 Å². The van der Waals surface area contributed by atoms with Crippen molar-refractivity contribution in [2.75, 3.05) is 32.7 Å². The zero-order chi connectivity index (χ0) is 29.3. The van der Waals surface area contributed by atoms with Crippen LogP contribution in [0.25, 0.3) is 10.9 Å². The summed E-state index contributed by atoms with van der Waals surface area (Å²) in [5, 5.41) is 14.8. The summed E-state index contributed by atoms with van der Waals surface area (Å²) in [5.41, 5.74) is 4.96. The molecule has 224 valence electrons. The van der Waals surface area contributed by atoms with Crippen LogP contribution in [0.5, 0.6) is 0 Å². The number of amides is 2. The number of carbonyl (C=O) groups is 2. The molecule has 0 saturated carbocycles. The van der Waals surface area contributed by atoms with Crippen molar-refractivity contribution in [3.63, 3.8) is 0 Å². The molecule has 3 fully saturated rings. The Morgan fingerprint density at radius 1 is 0.976 bits per heavy atom. The van der Waals surface area contributed by atoms with Crippen LogP contribution in [-0.2, 0) is 29.6 Å². The van der Waals surface area contributed by atoms with Crippen molar-refractivity contribution in [1.29, 1.82) is 0 Å².